The number of rotatable bonds is 6. The van der Waals surface area contributed by atoms with E-state index < -0.39 is 11.9 Å². The van der Waals surface area contributed by atoms with Crippen molar-refractivity contribution in [2.24, 2.45) is 0 Å². The number of alkyl halides is 3. The number of ether oxygens (including phenoxy) is 1. The van der Waals surface area contributed by atoms with Crippen LogP contribution in [0.3, 0.4) is 0 Å². The third kappa shape index (κ3) is 4.39. The first kappa shape index (κ1) is 20.8. The lowest BCUT2D eigenvalue weighted by molar-refractivity contribution is -0.141. The van der Waals surface area contributed by atoms with Crippen LogP contribution in [0.1, 0.15) is 11.3 Å². The third-order valence-electron chi connectivity index (χ3n) is 4.19. The molecule has 8 heteroatoms. The number of benzene rings is 2. The minimum atomic E-state index is -4.52. The predicted octanol–water partition coefficient (Wildman–Crippen LogP) is 6.15. The van der Waals surface area contributed by atoms with Crippen LogP contribution in [0.2, 0.25) is 0 Å². The van der Waals surface area contributed by atoms with Gasteiger partial charge in [-0.2, -0.15) is 18.3 Å². The smallest absolute Gasteiger partial charge is 0.380 e. The first-order valence-electron chi connectivity index (χ1n) is 8.35. The molecule has 0 saturated carbocycles. The van der Waals surface area contributed by atoms with Crippen LogP contribution in [-0.4, -0.2) is 29.4 Å². The molecule has 0 aliphatic carbocycles. The highest BCUT2D eigenvalue weighted by Gasteiger charge is 2.35. The minimum absolute atomic E-state index is 0.370. The number of hydrogen-bond donors (Lipinski definition) is 0. The van der Waals surface area contributed by atoms with Gasteiger partial charge in [0.05, 0.1) is 18.0 Å². The van der Waals surface area contributed by atoms with Crippen LogP contribution in [0.15, 0.2) is 58.3 Å². The first-order chi connectivity index (χ1) is 13.4. The van der Waals surface area contributed by atoms with E-state index in [1.807, 2.05) is 48.9 Å². The number of halogens is 3. The van der Waals surface area contributed by atoms with E-state index in [4.69, 9.17) is 4.74 Å². The molecule has 0 radical (unpaired) electrons. The minimum Gasteiger partial charge on any atom is -0.380 e. The average molecular weight is 425 g/mol. The van der Waals surface area contributed by atoms with E-state index in [2.05, 4.69) is 5.10 Å². The zero-order valence-electron chi connectivity index (χ0n) is 15.6. The lowest BCUT2D eigenvalue weighted by atomic mass is 10.1. The Morgan fingerprint density at radius 1 is 1.00 bits per heavy atom. The Morgan fingerprint density at radius 3 is 2.29 bits per heavy atom. The van der Waals surface area contributed by atoms with E-state index in [0.29, 0.717) is 23.6 Å². The fraction of sp³-hybridized carbons (Fsp3) is 0.250. The molecular formula is C20H19F3N2OS2. The molecule has 1 heterocycles. The molecule has 0 aliphatic rings. The van der Waals surface area contributed by atoms with Crippen molar-refractivity contribution in [1.82, 2.24) is 9.78 Å². The maximum atomic E-state index is 13.3. The van der Waals surface area contributed by atoms with E-state index in [9.17, 15) is 13.2 Å². The van der Waals surface area contributed by atoms with Crippen LogP contribution in [0.4, 0.5) is 13.2 Å². The van der Waals surface area contributed by atoms with Gasteiger partial charge in [0.25, 0.3) is 0 Å². The molecule has 0 N–H and O–H groups in total. The van der Waals surface area contributed by atoms with E-state index in [1.54, 1.807) is 36.7 Å². The molecule has 0 aliphatic heterocycles. The standard InChI is InChI=1S/C20H19F3N2OS2/c1-26-12-14-10-15(6-9-18(14)28-3)25-17(11-19(24-25)20(21,22)23)13-4-7-16(27-2)8-5-13/h4-11H,12H2,1-3H3. The van der Waals surface area contributed by atoms with Gasteiger partial charge in [-0.05, 0) is 54.5 Å². The fourth-order valence-corrected chi connectivity index (χ4v) is 3.84. The van der Waals surface area contributed by atoms with Crippen molar-refractivity contribution in [1.29, 1.82) is 0 Å². The molecule has 28 heavy (non-hydrogen) atoms. The second kappa shape index (κ2) is 8.63. The fourth-order valence-electron chi connectivity index (χ4n) is 2.85. The summed E-state index contributed by atoms with van der Waals surface area (Å²) >= 11 is 3.14. The molecule has 2 aromatic carbocycles. The number of methoxy groups -OCH3 is 1. The predicted molar refractivity (Wildman–Crippen MR) is 108 cm³/mol. The van der Waals surface area contributed by atoms with Crippen molar-refractivity contribution in [2.75, 3.05) is 19.6 Å². The van der Waals surface area contributed by atoms with Gasteiger partial charge in [0.15, 0.2) is 5.69 Å². The molecule has 1 aromatic heterocycles. The van der Waals surface area contributed by atoms with Crippen LogP contribution >= 0.6 is 23.5 Å². The van der Waals surface area contributed by atoms with E-state index in [0.717, 1.165) is 21.4 Å². The van der Waals surface area contributed by atoms with Crippen molar-refractivity contribution in [3.8, 4) is 16.9 Å². The van der Waals surface area contributed by atoms with Gasteiger partial charge in [-0.15, -0.1) is 23.5 Å². The van der Waals surface area contributed by atoms with Crippen molar-refractivity contribution < 1.29 is 17.9 Å². The largest absolute Gasteiger partial charge is 0.435 e. The zero-order chi connectivity index (χ0) is 20.3. The van der Waals surface area contributed by atoms with Crippen LogP contribution < -0.4 is 0 Å². The molecule has 148 valence electrons. The van der Waals surface area contributed by atoms with E-state index in [1.165, 1.54) is 4.68 Å². The van der Waals surface area contributed by atoms with Gasteiger partial charge in [0, 0.05) is 22.5 Å². The van der Waals surface area contributed by atoms with Crippen molar-refractivity contribution in [3.63, 3.8) is 0 Å². The molecule has 0 spiro atoms. The number of aromatic nitrogens is 2. The van der Waals surface area contributed by atoms with Gasteiger partial charge in [0.2, 0.25) is 0 Å². The van der Waals surface area contributed by atoms with Crippen LogP contribution in [0, 0.1) is 0 Å². The van der Waals surface area contributed by atoms with Crippen LogP contribution in [0.25, 0.3) is 16.9 Å². The lowest BCUT2D eigenvalue weighted by Gasteiger charge is -2.12. The summed E-state index contributed by atoms with van der Waals surface area (Å²) in [6.45, 7) is 0.370. The molecule has 0 fully saturated rings. The highest BCUT2D eigenvalue weighted by molar-refractivity contribution is 7.98. The summed E-state index contributed by atoms with van der Waals surface area (Å²) in [5.41, 5.74) is 1.60. The summed E-state index contributed by atoms with van der Waals surface area (Å²) in [5.74, 6) is 0. The Labute approximate surface area is 170 Å². The van der Waals surface area contributed by atoms with Crippen LogP contribution in [0.5, 0.6) is 0 Å². The summed E-state index contributed by atoms with van der Waals surface area (Å²) in [6.07, 6.45) is -0.623. The van der Waals surface area contributed by atoms with Gasteiger partial charge >= 0.3 is 6.18 Å². The Kier molecular flexibility index (Phi) is 6.42. The van der Waals surface area contributed by atoms with Gasteiger partial charge < -0.3 is 4.74 Å². The molecule has 0 amide bonds. The average Bonchev–Trinajstić information content (AvgIpc) is 3.14. The lowest BCUT2D eigenvalue weighted by Crippen LogP contribution is -2.07. The van der Waals surface area contributed by atoms with Crippen molar-refractivity contribution in [3.05, 3.63) is 59.8 Å². The maximum absolute atomic E-state index is 13.3. The molecule has 0 atom stereocenters. The summed E-state index contributed by atoms with van der Waals surface area (Å²) in [6, 6.07) is 14.0. The second-order valence-electron chi connectivity index (χ2n) is 5.98. The summed E-state index contributed by atoms with van der Waals surface area (Å²) < 4.78 is 46.6. The first-order valence-corrected chi connectivity index (χ1v) is 10.8. The van der Waals surface area contributed by atoms with Crippen molar-refractivity contribution in [2.45, 2.75) is 22.6 Å². The van der Waals surface area contributed by atoms with Gasteiger partial charge in [-0.25, -0.2) is 4.68 Å². The Hall–Kier alpha value is -1.90. The highest BCUT2D eigenvalue weighted by atomic mass is 32.2. The summed E-state index contributed by atoms with van der Waals surface area (Å²) in [5, 5.41) is 3.87. The summed E-state index contributed by atoms with van der Waals surface area (Å²) in [4.78, 5) is 2.05. The normalized spacial score (nSPS) is 11.8. The number of nitrogens with zero attached hydrogens (tertiary/aromatic N) is 2. The van der Waals surface area contributed by atoms with Gasteiger partial charge in [-0.1, -0.05) is 12.1 Å². The molecule has 0 bridgehead atoms. The SMILES string of the molecule is COCc1cc(-n2nc(C(F)(F)F)cc2-c2ccc(SC)cc2)ccc1SC. The maximum Gasteiger partial charge on any atom is 0.435 e. The second-order valence-corrected chi connectivity index (χ2v) is 7.71. The van der Waals surface area contributed by atoms with Crippen molar-refractivity contribution >= 4 is 23.5 Å². The molecule has 3 aromatic rings. The third-order valence-corrected chi connectivity index (χ3v) is 5.78. The topological polar surface area (TPSA) is 27.1 Å². The van der Waals surface area contributed by atoms with E-state index >= 15 is 0 Å². The highest BCUT2D eigenvalue weighted by Crippen LogP contribution is 2.34. The molecule has 0 saturated heterocycles. The van der Waals surface area contributed by atoms with Gasteiger partial charge in [0.1, 0.15) is 0 Å². The quantitative estimate of drug-likeness (QED) is 0.444. The molecular weight excluding hydrogens is 405 g/mol. The van der Waals surface area contributed by atoms with Crippen LogP contribution in [-0.2, 0) is 17.5 Å². The number of thioether (sulfide) groups is 2. The summed E-state index contributed by atoms with van der Waals surface area (Å²) in [7, 11) is 1.59. The van der Waals surface area contributed by atoms with E-state index in [-0.39, 0.29) is 0 Å². The Balaban J connectivity index is 2.16. The molecule has 3 rings (SSSR count). The molecule has 3 nitrogen and oxygen atoms in total. The Morgan fingerprint density at radius 2 is 1.71 bits per heavy atom. The van der Waals surface area contributed by atoms with Gasteiger partial charge in [-0.3, -0.25) is 0 Å². The molecule has 0 unspecified atom stereocenters. The zero-order valence-corrected chi connectivity index (χ0v) is 17.2. The number of hydrogen-bond acceptors (Lipinski definition) is 4. The Bertz CT molecular complexity index is 953. The monoisotopic (exact) mass is 424 g/mol.